The molecule has 0 bridgehead atoms. The number of para-hydroxylation sites is 1. The minimum Gasteiger partial charge on any atom is -0.397 e. The van der Waals surface area contributed by atoms with Gasteiger partial charge in [-0.05, 0) is 30.3 Å². The molecule has 112 valence electrons. The van der Waals surface area contributed by atoms with Crippen LogP contribution < -0.4 is 10.6 Å². The number of hydrogen-bond acceptors (Lipinski definition) is 4. The Labute approximate surface area is 125 Å². The molecule has 2 aromatic rings. The van der Waals surface area contributed by atoms with Crippen molar-refractivity contribution in [2.75, 3.05) is 31.8 Å². The van der Waals surface area contributed by atoms with Crippen molar-refractivity contribution in [1.82, 2.24) is 4.31 Å². The van der Waals surface area contributed by atoms with Crippen LogP contribution in [0.1, 0.15) is 0 Å². The summed E-state index contributed by atoms with van der Waals surface area (Å²) in [5, 5.41) is 0. The minimum atomic E-state index is -3.47. The third-order valence-electron chi connectivity index (χ3n) is 3.28. The van der Waals surface area contributed by atoms with Crippen LogP contribution in [0.4, 0.5) is 17.1 Å². The lowest BCUT2D eigenvalue weighted by Crippen LogP contribution is -2.22. The van der Waals surface area contributed by atoms with Crippen LogP contribution in [0, 0.1) is 0 Å². The molecule has 0 fully saturated rings. The molecular weight excluding hydrogens is 286 g/mol. The highest BCUT2D eigenvalue weighted by Crippen LogP contribution is 2.31. The first-order valence-corrected chi connectivity index (χ1v) is 7.89. The number of benzene rings is 2. The molecule has 0 unspecified atom stereocenters. The monoisotopic (exact) mass is 305 g/mol. The molecule has 2 aromatic carbocycles. The van der Waals surface area contributed by atoms with Crippen LogP contribution in [0.2, 0.25) is 0 Å². The fourth-order valence-corrected chi connectivity index (χ4v) is 2.94. The average Bonchev–Trinajstić information content (AvgIpc) is 2.47. The van der Waals surface area contributed by atoms with Crippen LogP contribution >= 0.6 is 0 Å². The second kappa shape index (κ2) is 5.75. The Morgan fingerprint density at radius 2 is 1.57 bits per heavy atom. The Kier molecular flexibility index (Phi) is 4.20. The molecule has 0 saturated carbocycles. The van der Waals surface area contributed by atoms with Crippen molar-refractivity contribution in [1.29, 1.82) is 0 Å². The first-order chi connectivity index (χ1) is 9.84. The summed E-state index contributed by atoms with van der Waals surface area (Å²) in [5.41, 5.74) is 8.19. The first-order valence-electron chi connectivity index (χ1n) is 6.45. The summed E-state index contributed by atoms with van der Waals surface area (Å²) in [6, 6.07) is 14.5. The van der Waals surface area contributed by atoms with E-state index in [1.54, 1.807) is 12.1 Å². The highest BCUT2D eigenvalue weighted by molar-refractivity contribution is 7.89. The summed E-state index contributed by atoms with van der Waals surface area (Å²) in [7, 11) is 1.41. The largest absolute Gasteiger partial charge is 0.397 e. The predicted octanol–water partition coefficient (Wildman–Crippen LogP) is 2.29. The van der Waals surface area contributed by atoms with Gasteiger partial charge in [-0.3, -0.25) is 0 Å². The Morgan fingerprint density at radius 1 is 0.952 bits per heavy atom. The van der Waals surface area contributed by atoms with E-state index in [0.717, 1.165) is 11.4 Å². The third kappa shape index (κ3) is 3.01. The van der Waals surface area contributed by atoms with E-state index >= 15 is 0 Å². The Balaban J connectivity index is 2.41. The van der Waals surface area contributed by atoms with E-state index < -0.39 is 10.0 Å². The van der Waals surface area contributed by atoms with E-state index in [4.69, 9.17) is 5.73 Å². The number of sulfonamides is 1. The summed E-state index contributed by atoms with van der Waals surface area (Å²) in [6.07, 6.45) is 0. The molecule has 5 nitrogen and oxygen atoms in total. The smallest absolute Gasteiger partial charge is 0.242 e. The molecule has 21 heavy (non-hydrogen) atoms. The van der Waals surface area contributed by atoms with Gasteiger partial charge < -0.3 is 10.6 Å². The van der Waals surface area contributed by atoms with E-state index in [0.29, 0.717) is 5.69 Å². The van der Waals surface area contributed by atoms with Crippen molar-refractivity contribution in [3.05, 3.63) is 48.5 Å². The number of nitrogens with two attached hydrogens (primary N) is 1. The van der Waals surface area contributed by atoms with Crippen molar-refractivity contribution >= 4 is 27.1 Å². The molecule has 6 heteroatoms. The first kappa shape index (κ1) is 15.3. The van der Waals surface area contributed by atoms with E-state index in [2.05, 4.69) is 0 Å². The normalized spacial score (nSPS) is 11.6. The molecule has 0 aliphatic heterocycles. The topological polar surface area (TPSA) is 66.6 Å². The molecule has 0 spiro atoms. The third-order valence-corrected chi connectivity index (χ3v) is 5.09. The zero-order chi connectivity index (χ0) is 15.6. The molecule has 0 aliphatic rings. The Bertz CT molecular complexity index is 728. The molecule has 0 heterocycles. The zero-order valence-electron chi connectivity index (χ0n) is 12.3. The lowest BCUT2D eigenvalue weighted by molar-refractivity contribution is 0.521. The van der Waals surface area contributed by atoms with Gasteiger partial charge in [-0.2, -0.15) is 0 Å². The van der Waals surface area contributed by atoms with Crippen molar-refractivity contribution in [2.45, 2.75) is 4.90 Å². The molecule has 0 aliphatic carbocycles. The maximum absolute atomic E-state index is 12.1. The van der Waals surface area contributed by atoms with E-state index in [-0.39, 0.29) is 4.90 Å². The van der Waals surface area contributed by atoms with Gasteiger partial charge in [-0.25, -0.2) is 12.7 Å². The summed E-state index contributed by atoms with van der Waals surface area (Å²) in [4.78, 5) is 2.11. The lowest BCUT2D eigenvalue weighted by atomic mass is 10.2. The molecule has 0 amide bonds. The van der Waals surface area contributed by atoms with Crippen molar-refractivity contribution < 1.29 is 8.42 Å². The molecule has 0 radical (unpaired) electrons. The fourth-order valence-electron chi connectivity index (χ4n) is 2.00. The Morgan fingerprint density at radius 3 is 2.10 bits per heavy atom. The van der Waals surface area contributed by atoms with Gasteiger partial charge in [0.15, 0.2) is 0 Å². The number of nitrogen functional groups attached to an aromatic ring is 1. The molecular formula is C15H19N3O2S. The van der Waals surface area contributed by atoms with Crippen LogP contribution in [-0.4, -0.2) is 33.9 Å². The number of anilines is 3. The standard InChI is InChI=1S/C15H19N3O2S/c1-17(2)21(19,20)13-9-10-15(14(16)11-13)18(3)12-7-5-4-6-8-12/h4-11H,16H2,1-3H3. The zero-order valence-corrected chi connectivity index (χ0v) is 13.1. The van der Waals surface area contributed by atoms with Gasteiger partial charge in [0, 0.05) is 26.8 Å². The quantitative estimate of drug-likeness (QED) is 0.880. The highest BCUT2D eigenvalue weighted by atomic mass is 32.2. The van der Waals surface area contributed by atoms with E-state index in [1.165, 1.54) is 24.5 Å². The van der Waals surface area contributed by atoms with Gasteiger partial charge in [-0.1, -0.05) is 18.2 Å². The molecule has 0 aromatic heterocycles. The van der Waals surface area contributed by atoms with Crippen LogP contribution in [0.25, 0.3) is 0 Å². The summed E-state index contributed by atoms with van der Waals surface area (Å²) in [6.45, 7) is 0. The predicted molar refractivity (Wildman–Crippen MR) is 86.2 cm³/mol. The van der Waals surface area contributed by atoms with Crippen LogP contribution in [-0.2, 0) is 10.0 Å². The van der Waals surface area contributed by atoms with Gasteiger partial charge in [0.1, 0.15) is 0 Å². The SMILES string of the molecule is CN(c1ccccc1)c1ccc(S(=O)(=O)N(C)C)cc1N. The molecule has 0 saturated heterocycles. The lowest BCUT2D eigenvalue weighted by Gasteiger charge is -2.22. The maximum Gasteiger partial charge on any atom is 0.242 e. The number of hydrogen-bond donors (Lipinski definition) is 1. The Hall–Kier alpha value is -2.05. The summed E-state index contributed by atoms with van der Waals surface area (Å²) >= 11 is 0. The minimum absolute atomic E-state index is 0.190. The van der Waals surface area contributed by atoms with Crippen molar-refractivity contribution in [3.8, 4) is 0 Å². The maximum atomic E-state index is 12.1. The molecule has 2 rings (SSSR count). The van der Waals surface area contributed by atoms with Gasteiger partial charge in [-0.15, -0.1) is 0 Å². The highest BCUT2D eigenvalue weighted by Gasteiger charge is 2.19. The van der Waals surface area contributed by atoms with E-state index in [9.17, 15) is 8.42 Å². The number of rotatable bonds is 4. The fraction of sp³-hybridized carbons (Fsp3) is 0.200. The molecule has 0 atom stereocenters. The average molecular weight is 305 g/mol. The van der Waals surface area contributed by atoms with Crippen molar-refractivity contribution in [3.63, 3.8) is 0 Å². The second-order valence-corrected chi connectivity index (χ2v) is 7.05. The molecule has 2 N–H and O–H groups in total. The van der Waals surface area contributed by atoms with Gasteiger partial charge >= 0.3 is 0 Å². The summed E-state index contributed by atoms with van der Waals surface area (Å²) in [5.74, 6) is 0. The van der Waals surface area contributed by atoms with Gasteiger partial charge in [0.25, 0.3) is 0 Å². The van der Waals surface area contributed by atoms with E-state index in [1.807, 2.05) is 42.3 Å². The van der Waals surface area contributed by atoms with Gasteiger partial charge in [0.05, 0.1) is 16.3 Å². The number of nitrogens with zero attached hydrogens (tertiary/aromatic N) is 2. The summed E-state index contributed by atoms with van der Waals surface area (Å²) < 4.78 is 25.4. The van der Waals surface area contributed by atoms with Crippen LogP contribution in [0.5, 0.6) is 0 Å². The second-order valence-electron chi connectivity index (χ2n) is 4.90. The van der Waals surface area contributed by atoms with Crippen molar-refractivity contribution in [2.24, 2.45) is 0 Å². The van der Waals surface area contributed by atoms with Gasteiger partial charge in [0.2, 0.25) is 10.0 Å². The van der Waals surface area contributed by atoms with Crippen LogP contribution in [0.3, 0.4) is 0 Å². The van der Waals surface area contributed by atoms with Crippen LogP contribution in [0.15, 0.2) is 53.4 Å².